The summed E-state index contributed by atoms with van der Waals surface area (Å²) in [5.74, 6) is 0.254. The van der Waals surface area contributed by atoms with E-state index in [2.05, 4.69) is 6.92 Å². The van der Waals surface area contributed by atoms with Crippen molar-refractivity contribution in [3.05, 3.63) is 18.2 Å². The van der Waals surface area contributed by atoms with Crippen molar-refractivity contribution in [3.63, 3.8) is 0 Å². The van der Waals surface area contributed by atoms with E-state index in [1.807, 2.05) is 0 Å². The lowest BCUT2D eigenvalue weighted by molar-refractivity contribution is -0.151. The molecule has 0 saturated heterocycles. The molecule has 1 aromatic carbocycles. The Morgan fingerprint density at radius 2 is 1.62 bits per heavy atom. The number of amides is 1. The molecule has 1 amide bonds. The highest BCUT2D eigenvalue weighted by Gasteiger charge is 2.29. The fraction of sp³-hybridized carbons (Fsp3) is 0.652. The molecule has 0 atom stereocenters. The Hall–Kier alpha value is -2.24. The third kappa shape index (κ3) is 7.95. The van der Waals surface area contributed by atoms with Crippen LogP contribution >= 0.6 is 0 Å². The van der Waals surface area contributed by atoms with Gasteiger partial charge in [0.15, 0.2) is 6.61 Å². The summed E-state index contributed by atoms with van der Waals surface area (Å²) in [6, 6.07) is 5.06. The van der Waals surface area contributed by atoms with Gasteiger partial charge in [-0.15, -0.1) is 5.06 Å². The highest BCUT2D eigenvalue weighted by molar-refractivity contribution is 5.97. The maximum atomic E-state index is 12.2. The van der Waals surface area contributed by atoms with E-state index in [-0.39, 0.29) is 6.61 Å². The van der Waals surface area contributed by atoms with Crippen molar-refractivity contribution < 1.29 is 23.9 Å². The summed E-state index contributed by atoms with van der Waals surface area (Å²) in [5.41, 5.74) is 0.396. The second-order valence-corrected chi connectivity index (χ2v) is 7.56. The van der Waals surface area contributed by atoms with Crippen molar-refractivity contribution in [2.75, 3.05) is 18.8 Å². The number of benzene rings is 1. The molecular formula is C23H35NO5. The molecule has 1 heterocycles. The topological polar surface area (TPSA) is 65.1 Å². The van der Waals surface area contributed by atoms with Gasteiger partial charge in [0.05, 0.1) is 7.11 Å². The molecule has 0 spiro atoms. The Balaban J connectivity index is 1.63. The number of carbonyl (C=O) groups is 2. The zero-order valence-corrected chi connectivity index (χ0v) is 17.9. The van der Waals surface area contributed by atoms with Gasteiger partial charge in [-0.1, -0.05) is 71.1 Å². The maximum Gasteiger partial charge on any atom is 0.333 e. The third-order valence-electron chi connectivity index (χ3n) is 5.14. The van der Waals surface area contributed by atoms with Crippen LogP contribution in [0.25, 0.3) is 0 Å². The minimum absolute atomic E-state index is 0.148. The van der Waals surface area contributed by atoms with Crippen LogP contribution in [0.15, 0.2) is 18.2 Å². The van der Waals surface area contributed by atoms with E-state index in [0.29, 0.717) is 23.6 Å². The Bertz CT molecular complexity index is 646. The van der Waals surface area contributed by atoms with E-state index in [4.69, 9.17) is 14.3 Å². The number of nitrogens with zero attached hydrogens (tertiary/aromatic N) is 1. The van der Waals surface area contributed by atoms with E-state index < -0.39 is 11.9 Å². The van der Waals surface area contributed by atoms with Gasteiger partial charge < -0.3 is 14.3 Å². The minimum atomic E-state index is -0.405. The van der Waals surface area contributed by atoms with Gasteiger partial charge in [-0.25, -0.2) is 4.79 Å². The molecule has 1 aliphatic rings. The Labute approximate surface area is 174 Å². The van der Waals surface area contributed by atoms with Gasteiger partial charge in [-0.3, -0.25) is 4.79 Å². The van der Waals surface area contributed by atoms with Crippen LogP contribution in [0.2, 0.25) is 0 Å². The normalized spacial score (nSPS) is 13.0. The second-order valence-electron chi connectivity index (χ2n) is 7.56. The molecule has 6 nitrogen and oxygen atoms in total. The van der Waals surface area contributed by atoms with Crippen LogP contribution < -0.4 is 14.5 Å². The second kappa shape index (κ2) is 13.1. The number of hydroxylamine groups is 1. The van der Waals surface area contributed by atoms with Crippen LogP contribution in [0.1, 0.15) is 84.0 Å². The Morgan fingerprint density at radius 1 is 1.00 bits per heavy atom. The summed E-state index contributed by atoms with van der Waals surface area (Å²) in [6.07, 6.45) is 13.7. The predicted molar refractivity (Wildman–Crippen MR) is 113 cm³/mol. The molecule has 0 radical (unpaired) electrons. The van der Waals surface area contributed by atoms with E-state index >= 15 is 0 Å². The standard InChI is InChI=1S/C23H35NO5/c1-3-4-5-6-7-8-9-10-11-12-13-14-23(26)29-24-20-17-19(27-2)15-16-21(20)28-18-22(24)25/h15-17H,3-14,18H2,1-2H3. The van der Waals surface area contributed by atoms with Crippen LogP contribution in [0.5, 0.6) is 11.5 Å². The molecule has 0 aromatic heterocycles. The molecule has 162 valence electrons. The van der Waals surface area contributed by atoms with Gasteiger partial charge in [0.2, 0.25) is 0 Å². The number of hydrogen-bond acceptors (Lipinski definition) is 5. The highest BCUT2D eigenvalue weighted by Crippen LogP contribution is 2.35. The van der Waals surface area contributed by atoms with Crippen molar-refractivity contribution in [1.29, 1.82) is 0 Å². The van der Waals surface area contributed by atoms with Crippen molar-refractivity contribution >= 4 is 17.6 Å². The molecule has 2 rings (SSSR count). The van der Waals surface area contributed by atoms with Crippen LogP contribution in [-0.2, 0) is 14.4 Å². The average Bonchev–Trinajstić information content (AvgIpc) is 2.73. The van der Waals surface area contributed by atoms with Crippen molar-refractivity contribution in [3.8, 4) is 11.5 Å². The Morgan fingerprint density at radius 3 is 2.24 bits per heavy atom. The van der Waals surface area contributed by atoms with Gasteiger partial charge >= 0.3 is 5.97 Å². The van der Waals surface area contributed by atoms with Gasteiger partial charge in [0.1, 0.15) is 17.2 Å². The van der Waals surface area contributed by atoms with Gasteiger partial charge in [-0.2, -0.15) is 0 Å². The molecule has 0 N–H and O–H groups in total. The lowest BCUT2D eigenvalue weighted by atomic mass is 10.1. The van der Waals surface area contributed by atoms with Crippen LogP contribution in [0, 0.1) is 0 Å². The number of hydrogen-bond donors (Lipinski definition) is 0. The first-order chi connectivity index (χ1) is 14.2. The van der Waals surface area contributed by atoms with E-state index in [0.717, 1.165) is 24.3 Å². The molecule has 0 saturated carbocycles. The highest BCUT2D eigenvalue weighted by atomic mass is 16.7. The molecule has 0 bridgehead atoms. The SMILES string of the molecule is CCCCCCCCCCCCCC(=O)ON1C(=O)COc2ccc(OC)cc21. The Kier molecular flexibility index (Phi) is 10.4. The molecule has 0 aliphatic carbocycles. The number of ether oxygens (including phenoxy) is 2. The number of rotatable bonds is 14. The first kappa shape index (κ1) is 23.0. The molecular weight excluding hydrogens is 370 g/mol. The summed E-state index contributed by atoms with van der Waals surface area (Å²) in [4.78, 5) is 29.7. The summed E-state index contributed by atoms with van der Waals surface area (Å²) < 4.78 is 10.6. The molecule has 0 fully saturated rings. The van der Waals surface area contributed by atoms with Crippen molar-refractivity contribution in [1.82, 2.24) is 0 Å². The van der Waals surface area contributed by atoms with Gasteiger partial charge in [0.25, 0.3) is 5.91 Å². The zero-order valence-electron chi connectivity index (χ0n) is 17.9. The summed E-state index contributed by atoms with van der Waals surface area (Å²) in [6.45, 7) is 2.09. The number of methoxy groups -OCH3 is 1. The monoisotopic (exact) mass is 405 g/mol. The van der Waals surface area contributed by atoms with E-state index in [1.165, 1.54) is 58.5 Å². The van der Waals surface area contributed by atoms with Crippen LogP contribution in [-0.4, -0.2) is 25.6 Å². The van der Waals surface area contributed by atoms with Gasteiger partial charge in [-0.05, 0) is 18.6 Å². The lowest BCUT2D eigenvalue weighted by Gasteiger charge is -2.27. The first-order valence-electron chi connectivity index (χ1n) is 11.0. The quantitative estimate of drug-likeness (QED) is 0.378. The molecule has 6 heteroatoms. The van der Waals surface area contributed by atoms with Crippen LogP contribution in [0.3, 0.4) is 0 Å². The summed E-state index contributed by atoms with van der Waals surface area (Å²) in [7, 11) is 1.54. The summed E-state index contributed by atoms with van der Waals surface area (Å²) in [5, 5.41) is 1.03. The van der Waals surface area contributed by atoms with Gasteiger partial charge in [0, 0.05) is 12.5 Å². The zero-order chi connectivity index (χ0) is 20.9. The van der Waals surface area contributed by atoms with Crippen LogP contribution in [0.4, 0.5) is 5.69 Å². The van der Waals surface area contributed by atoms with E-state index in [9.17, 15) is 9.59 Å². The summed E-state index contributed by atoms with van der Waals surface area (Å²) >= 11 is 0. The number of anilines is 1. The average molecular weight is 406 g/mol. The maximum absolute atomic E-state index is 12.2. The molecule has 0 unspecified atom stereocenters. The van der Waals surface area contributed by atoms with Crippen molar-refractivity contribution in [2.24, 2.45) is 0 Å². The fourth-order valence-corrected chi connectivity index (χ4v) is 3.42. The first-order valence-corrected chi connectivity index (χ1v) is 11.0. The number of fused-ring (bicyclic) bond motifs is 1. The van der Waals surface area contributed by atoms with E-state index in [1.54, 1.807) is 18.2 Å². The van der Waals surface area contributed by atoms with Crippen molar-refractivity contribution in [2.45, 2.75) is 84.0 Å². The lowest BCUT2D eigenvalue weighted by Crippen LogP contribution is -2.40. The minimum Gasteiger partial charge on any atom is -0.497 e. The third-order valence-corrected chi connectivity index (χ3v) is 5.14. The predicted octanol–water partition coefficient (Wildman–Crippen LogP) is 5.58. The number of carbonyl (C=O) groups excluding carboxylic acids is 2. The fourth-order valence-electron chi connectivity index (χ4n) is 3.42. The molecule has 29 heavy (non-hydrogen) atoms. The molecule has 1 aromatic rings. The number of unbranched alkanes of at least 4 members (excludes halogenated alkanes) is 10. The smallest absolute Gasteiger partial charge is 0.333 e. The molecule has 1 aliphatic heterocycles. The largest absolute Gasteiger partial charge is 0.497 e.